The summed E-state index contributed by atoms with van der Waals surface area (Å²) in [6.07, 6.45) is 1.75. The first-order valence-electron chi connectivity index (χ1n) is 6.16. The Bertz CT molecular complexity index is 865. The van der Waals surface area contributed by atoms with Gasteiger partial charge in [-0.15, -0.1) is 11.3 Å². The van der Waals surface area contributed by atoms with Crippen LogP contribution in [0.25, 0.3) is 21.3 Å². The van der Waals surface area contributed by atoms with E-state index in [9.17, 15) is 4.79 Å². The number of nitrogens with zero attached hydrogens (tertiary/aromatic N) is 1. The first-order chi connectivity index (χ1) is 10.2. The van der Waals surface area contributed by atoms with E-state index in [1.54, 1.807) is 19.3 Å². The number of aromatic nitrogens is 2. The molecule has 0 bridgehead atoms. The molecule has 0 aliphatic carbocycles. The molecule has 4 nitrogen and oxygen atoms in total. The molecule has 0 aliphatic rings. The van der Waals surface area contributed by atoms with Crippen molar-refractivity contribution in [2.75, 3.05) is 7.11 Å². The fourth-order valence-electron chi connectivity index (χ4n) is 1.90. The standard InChI is InChI=1S/C15H11ClN2O2S/c1-20-10-4-2-9(3-5-10)8-11(16)14-17-12-6-7-21-13(12)15(19)18-14/h2-8H,1H3,(H,17,18,19)/b11-8-. The summed E-state index contributed by atoms with van der Waals surface area (Å²) in [7, 11) is 1.61. The lowest BCUT2D eigenvalue weighted by Gasteiger charge is -2.01. The molecule has 0 spiro atoms. The summed E-state index contributed by atoms with van der Waals surface area (Å²) >= 11 is 7.61. The zero-order chi connectivity index (χ0) is 14.8. The van der Waals surface area contributed by atoms with Crippen molar-refractivity contribution in [1.29, 1.82) is 0 Å². The Labute approximate surface area is 129 Å². The van der Waals surface area contributed by atoms with Crippen molar-refractivity contribution in [3.05, 3.63) is 57.5 Å². The zero-order valence-electron chi connectivity index (χ0n) is 11.1. The normalized spacial score (nSPS) is 11.8. The maximum Gasteiger partial charge on any atom is 0.269 e. The van der Waals surface area contributed by atoms with Crippen molar-refractivity contribution in [3.8, 4) is 5.75 Å². The lowest BCUT2D eigenvalue weighted by molar-refractivity contribution is 0.415. The first kappa shape index (κ1) is 13.9. The predicted octanol–water partition coefficient (Wildman–Crippen LogP) is 3.73. The molecule has 0 atom stereocenters. The number of fused-ring (bicyclic) bond motifs is 1. The van der Waals surface area contributed by atoms with Gasteiger partial charge in [-0.1, -0.05) is 23.7 Å². The molecule has 6 heteroatoms. The third kappa shape index (κ3) is 2.84. The summed E-state index contributed by atoms with van der Waals surface area (Å²) in [4.78, 5) is 19.0. The maximum absolute atomic E-state index is 11.9. The van der Waals surface area contributed by atoms with Crippen LogP contribution in [0, 0.1) is 0 Å². The highest BCUT2D eigenvalue weighted by atomic mass is 35.5. The number of ether oxygens (including phenoxy) is 1. The van der Waals surface area contributed by atoms with E-state index in [0.29, 0.717) is 21.1 Å². The monoisotopic (exact) mass is 318 g/mol. The number of rotatable bonds is 3. The number of halogens is 1. The number of nitrogens with one attached hydrogen (secondary N) is 1. The molecule has 3 rings (SSSR count). The summed E-state index contributed by atoms with van der Waals surface area (Å²) in [5, 5.41) is 2.21. The summed E-state index contributed by atoms with van der Waals surface area (Å²) in [6.45, 7) is 0. The minimum absolute atomic E-state index is 0.175. The van der Waals surface area contributed by atoms with Crippen molar-refractivity contribution in [1.82, 2.24) is 9.97 Å². The van der Waals surface area contributed by atoms with Gasteiger partial charge in [-0.25, -0.2) is 4.98 Å². The van der Waals surface area contributed by atoms with Gasteiger partial charge < -0.3 is 9.72 Å². The van der Waals surface area contributed by atoms with Gasteiger partial charge >= 0.3 is 0 Å². The average molecular weight is 319 g/mol. The number of benzene rings is 1. The number of hydrogen-bond donors (Lipinski definition) is 1. The van der Waals surface area contributed by atoms with Crippen molar-refractivity contribution in [3.63, 3.8) is 0 Å². The smallest absolute Gasteiger partial charge is 0.269 e. The molecule has 0 fully saturated rings. The van der Waals surface area contributed by atoms with Gasteiger partial charge in [0.15, 0.2) is 5.82 Å². The minimum Gasteiger partial charge on any atom is -0.497 e. The molecule has 2 heterocycles. The second-order valence-corrected chi connectivity index (χ2v) is 5.64. The number of aromatic amines is 1. The molecule has 1 N–H and O–H groups in total. The summed E-state index contributed by atoms with van der Waals surface area (Å²) in [5.74, 6) is 1.14. The van der Waals surface area contributed by atoms with Crippen LogP contribution in [0.5, 0.6) is 5.75 Å². The molecule has 1 aromatic carbocycles. The molecule has 0 saturated heterocycles. The minimum atomic E-state index is -0.175. The Kier molecular flexibility index (Phi) is 3.77. The third-order valence-corrected chi connectivity index (χ3v) is 4.14. The predicted molar refractivity (Wildman–Crippen MR) is 87.0 cm³/mol. The third-order valence-electron chi connectivity index (χ3n) is 2.95. The van der Waals surface area contributed by atoms with Gasteiger partial charge in [-0.05, 0) is 35.2 Å². The van der Waals surface area contributed by atoms with E-state index in [2.05, 4.69) is 9.97 Å². The second-order valence-electron chi connectivity index (χ2n) is 4.31. The molecule has 0 unspecified atom stereocenters. The van der Waals surface area contributed by atoms with Gasteiger partial charge in [0.1, 0.15) is 10.4 Å². The van der Waals surface area contributed by atoms with E-state index in [0.717, 1.165) is 11.3 Å². The van der Waals surface area contributed by atoms with Crippen molar-refractivity contribution in [2.45, 2.75) is 0 Å². The van der Waals surface area contributed by atoms with Crippen LogP contribution in [0.2, 0.25) is 0 Å². The largest absolute Gasteiger partial charge is 0.497 e. The number of H-pyrrole nitrogens is 1. The van der Waals surface area contributed by atoms with Crippen molar-refractivity contribution < 1.29 is 4.74 Å². The Hall–Kier alpha value is -2.11. The van der Waals surface area contributed by atoms with E-state index in [4.69, 9.17) is 16.3 Å². The van der Waals surface area contributed by atoms with Crippen molar-refractivity contribution in [2.24, 2.45) is 0 Å². The molecule has 0 amide bonds. The number of thiophene rings is 1. The van der Waals surface area contributed by atoms with Gasteiger partial charge in [0.05, 0.1) is 17.7 Å². The molecular formula is C15H11ClN2O2S. The average Bonchev–Trinajstić information content (AvgIpc) is 2.97. The van der Waals surface area contributed by atoms with E-state index >= 15 is 0 Å². The van der Waals surface area contributed by atoms with Gasteiger partial charge in [0, 0.05) is 0 Å². The topological polar surface area (TPSA) is 55.0 Å². The van der Waals surface area contributed by atoms with E-state index in [1.807, 2.05) is 29.6 Å². The highest BCUT2D eigenvalue weighted by molar-refractivity contribution is 7.17. The van der Waals surface area contributed by atoms with Crippen LogP contribution in [0.3, 0.4) is 0 Å². The Balaban J connectivity index is 2.00. The van der Waals surface area contributed by atoms with Crippen LogP contribution in [0.4, 0.5) is 0 Å². The van der Waals surface area contributed by atoms with Crippen LogP contribution < -0.4 is 10.3 Å². The zero-order valence-corrected chi connectivity index (χ0v) is 12.7. The van der Waals surface area contributed by atoms with Crippen LogP contribution in [-0.2, 0) is 0 Å². The highest BCUT2D eigenvalue weighted by Gasteiger charge is 2.07. The van der Waals surface area contributed by atoms with E-state index in [1.165, 1.54) is 11.3 Å². The van der Waals surface area contributed by atoms with Crippen LogP contribution in [-0.4, -0.2) is 17.1 Å². The molecule has 0 aliphatic heterocycles. The Morgan fingerprint density at radius 2 is 2.10 bits per heavy atom. The van der Waals surface area contributed by atoms with Gasteiger partial charge in [0.25, 0.3) is 5.56 Å². The maximum atomic E-state index is 11.9. The molecule has 0 radical (unpaired) electrons. The van der Waals surface area contributed by atoms with Gasteiger partial charge in [-0.3, -0.25) is 4.79 Å². The first-order valence-corrected chi connectivity index (χ1v) is 7.42. The quantitative estimate of drug-likeness (QED) is 0.800. The van der Waals surface area contributed by atoms with Crippen molar-refractivity contribution >= 4 is 44.3 Å². The fraction of sp³-hybridized carbons (Fsp3) is 0.0667. The molecule has 2 aromatic heterocycles. The lowest BCUT2D eigenvalue weighted by Crippen LogP contribution is -2.08. The fourth-order valence-corrected chi connectivity index (χ4v) is 2.84. The Morgan fingerprint density at radius 1 is 1.33 bits per heavy atom. The van der Waals surface area contributed by atoms with E-state index in [-0.39, 0.29) is 5.56 Å². The summed E-state index contributed by atoms with van der Waals surface area (Å²) < 4.78 is 5.71. The Morgan fingerprint density at radius 3 is 2.81 bits per heavy atom. The summed E-state index contributed by atoms with van der Waals surface area (Å²) in [5.41, 5.74) is 1.38. The molecule has 0 saturated carbocycles. The molecule has 106 valence electrons. The lowest BCUT2D eigenvalue weighted by atomic mass is 10.2. The van der Waals surface area contributed by atoms with Crippen LogP contribution in [0.1, 0.15) is 11.4 Å². The molecule has 21 heavy (non-hydrogen) atoms. The number of methoxy groups -OCH3 is 1. The highest BCUT2D eigenvalue weighted by Crippen LogP contribution is 2.22. The second kappa shape index (κ2) is 5.71. The van der Waals surface area contributed by atoms with Gasteiger partial charge in [0.2, 0.25) is 0 Å². The molecular weight excluding hydrogens is 308 g/mol. The van der Waals surface area contributed by atoms with Crippen LogP contribution in [0.15, 0.2) is 40.5 Å². The summed E-state index contributed by atoms with van der Waals surface area (Å²) in [6, 6.07) is 9.24. The SMILES string of the molecule is COc1ccc(/C=C(\Cl)c2nc3ccsc3c(=O)[nH]2)cc1. The van der Waals surface area contributed by atoms with Crippen LogP contribution >= 0.6 is 22.9 Å². The number of hydrogen-bond acceptors (Lipinski definition) is 4. The van der Waals surface area contributed by atoms with Gasteiger partial charge in [-0.2, -0.15) is 0 Å². The molecule has 3 aromatic rings. The van der Waals surface area contributed by atoms with E-state index < -0.39 is 0 Å².